The maximum absolute atomic E-state index is 12.1. The lowest BCUT2D eigenvalue weighted by Crippen LogP contribution is -3.00. The van der Waals surface area contributed by atoms with E-state index in [-0.39, 0.29) is 30.0 Å². The van der Waals surface area contributed by atoms with Crippen LogP contribution in [0.15, 0.2) is 84.9 Å². The minimum Gasteiger partial charge on any atom is -1.00 e. The smallest absolute Gasteiger partial charge is 0.141 e. The van der Waals surface area contributed by atoms with Crippen molar-refractivity contribution in [1.29, 1.82) is 0 Å². The van der Waals surface area contributed by atoms with Gasteiger partial charge in [-0.15, -0.1) is 0 Å². The molecule has 0 saturated carbocycles. The first kappa shape index (κ1) is 21.6. The zero-order chi connectivity index (χ0) is 18.8. The Morgan fingerprint density at radius 3 is 1.56 bits per heavy atom. The standard InChI is InChI=1S/C24H28NO.HI/c1-19(25(2,3)4)22-17-11-12-18-23(22)24(26,20-13-7-5-8-14-20)21-15-9-6-10-16-21;/h5-19,26H,1-4H3;1H/q+1;/p-1/t19-;/m1./s1. The van der Waals surface area contributed by atoms with Crippen molar-refractivity contribution in [2.75, 3.05) is 21.1 Å². The molecule has 0 aliphatic carbocycles. The Labute approximate surface area is 180 Å². The highest BCUT2D eigenvalue weighted by molar-refractivity contribution is 5.50. The number of rotatable bonds is 5. The number of aliphatic hydroxyl groups is 1. The predicted molar refractivity (Wildman–Crippen MR) is 108 cm³/mol. The molecule has 0 bridgehead atoms. The van der Waals surface area contributed by atoms with Crippen molar-refractivity contribution in [2.45, 2.75) is 18.6 Å². The lowest BCUT2D eigenvalue weighted by molar-refractivity contribution is -0.900. The molecular weight excluding hydrogens is 445 g/mol. The fourth-order valence-corrected chi connectivity index (χ4v) is 3.44. The molecule has 1 atom stereocenters. The van der Waals surface area contributed by atoms with Crippen LogP contribution in [0.25, 0.3) is 0 Å². The van der Waals surface area contributed by atoms with Gasteiger partial charge in [-0.25, -0.2) is 0 Å². The summed E-state index contributed by atoms with van der Waals surface area (Å²) >= 11 is 0. The fraction of sp³-hybridized carbons (Fsp3) is 0.250. The average molecular weight is 473 g/mol. The highest BCUT2D eigenvalue weighted by Crippen LogP contribution is 2.41. The van der Waals surface area contributed by atoms with Crippen LogP contribution in [0.1, 0.15) is 35.2 Å². The molecule has 2 nitrogen and oxygen atoms in total. The van der Waals surface area contributed by atoms with E-state index in [0.717, 1.165) is 26.7 Å². The lowest BCUT2D eigenvalue weighted by Gasteiger charge is -2.37. The van der Waals surface area contributed by atoms with Crippen LogP contribution >= 0.6 is 0 Å². The van der Waals surface area contributed by atoms with Crippen LogP contribution in [0.2, 0.25) is 0 Å². The largest absolute Gasteiger partial charge is 1.00 e. The molecule has 0 fully saturated rings. The SMILES string of the molecule is C[C@H](c1ccccc1C(O)(c1ccccc1)c1ccccc1)[N+](C)(C)C.[I-]. The van der Waals surface area contributed by atoms with Gasteiger partial charge in [0.15, 0.2) is 0 Å². The van der Waals surface area contributed by atoms with Gasteiger partial charge in [-0.05, 0) is 18.1 Å². The maximum atomic E-state index is 12.1. The number of quaternary nitrogens is 1. The molecule has 0 radical (unpaired) electrons. The molecule has 3 aromatic rings. The first-order valence-electron chi connectivity index (χ1n) is 9.09. The van der Waals surface area contributed by atoms with Crippen molar-refractivity contribution in [3.05, 3.63) is 107 Å². The fourth-order valence-electron chi connectivity index (χ4n) is 3.44. The molecule has 0 aliphatic heterocycles. The number of nitrogens with zero attached hydrogens (tertiary/aromatic N) is 1. The zero-order valence-electron chi connectivity index (χ0n) is 16.4. The van der Waals surface area contributed by atoms with Gasteiger partial charge in [-0.1, -0.05) is 84.9 Å². The Hall–Kier alpha value is -1.69. The van der Waals surface area contributed by atoms with Gasteiger partial charge in [0.05, 0.1) is 21.1 Å². The third-order valence-corrected chi connectivity index (χ3v) is 5.35. The second-order valence-corrected chi connectivity index (χ2v) is 7.82. The van der Waals surface area contributed by atoms with Crippen molar-refractivity contribution < 1.29 is 33.6 Å². The molecular formula is C24H28INO. The van der Waals surface area contributed by atoms with E-state index < -0.39 is 5.60 Å². The Kier molecular flexibility index (Phi) is 6.84. The van der Waals surface area contributed by atoms with E-state index in [2.05, 4.69) is 46.3 Å². The summed E-state index contributed by atoms with van der Waals surface area (Å²) in [5, 5.41) is 12.1. The summed E-state index contributed by atoms with van der Waals surface area (Å²) in [6, 6.07) is 28.4. The van der Waals surface area contributed by atoms with Crippen molar-refractivity contribution in [1.82, 2.24) is 0 Å². The average Bonchev–Trinajstić information content (AvgIpc) is 2.67. The van der Waals surface area contributed by atoms with E-state index in [1.54, 1.807) is 0 Å². The van der Waals surface area contributed by atoms with Gasteiger partial charge in [-0.3, -0.25) is 0 Å². The van der Waals surface area contributed by atoms with Gasteiger partial charge in [0, 0.05) is 11.1 Å². The minimum absolute atomic E-state index is 0. The molecule has 0 heterocycles. The van der Waals surface area contributed by atoms with E-state index in [1.165, 1.54) is 0 Å². The third-order valence-electron chi connectivity index (χ3n) is 5.35. The molecule has 0 spiro atoms. The number of benzene rings is 3. The van der Waals surface area contributed by atoms with E-state index in [0.29, 0.717) is 0 Å². The first-order valence-corrected chi connectivity index (χ1v) is 9.09. The lowest BCUT2D eigenvalue weighted by atomic mass is 9.77. The third kappa shape index (κ3) is 4.26. The van der Waals surface area contributed by atoms with E-state index in [9.17, 15) is 5.11 Å². The molecule has 3 rings (SSSR count). The molecule has 0 unspecified atom stereocenters. The van der Waals surface area contributed by atoms with Gasteiger partial charge in [0.2, 0.25) is 0 Å². The number of halogens is 1. The molecule has 0 aromatic heterocycles. The van der Waals surface area contributed by atoms with E-state index in [4.69, 9.17) is 0 Å². The Balaban J connectivity index is 0.00000261. The maximum Gasteiger partial charge on any atom is 0.141 e. The second kappa shape index (κ2) is 8.55. The summed E-state index contributed by atoms with van der Waals surface area (Å²) in [6.07, 6.45) is 0. The summed E-state index contributed by atoms with van der Waals surface area (Å²) in [4.78, 5) is 0. The van der Waals surface area contributed by atoms with Gasteiger partial charge in [0.25, 0.3) is 0 Å². The van der Waals surface area contributed by atoms with Crippen LogP contribution in [0.4, 0.5) is 0 Å². The highest BCUT2D eigenvalue weighted by Gasteiger charge is 2.38. The topological polar surface area (TPSA) is 20.2 Å². The van der Waals surface area contributed by atoms with Crippen LogP contribution in [0, 0.1) is 0 Å². The van der Waals surface area contributed by atoms with Gasteiger partial charge in [0.1, 0.15) is 11.6 Å². The molecule has 142 valence electrons. The van der Waals surface area contributed by atoms with Crippen LogP contribution in [-0.4, -0.2) is 30.7 Å². The Morgan fingerprint density at radius 1 is 0.704 bits per heavy atom. The summed E-state index contributed by atoms with van der Waals surface area (Å²) in [7, 11) is 6.56. The summed E-state index contributed by atoms with van der Waals surface area (Å²) < 4.78 is 0.788. The Bertz CT molecular complexity index is 817. The molecule has 3 heteroatoms. The molecule has 0 amide bonds. The van der Waals surface area contributed by atoms with E-state index in [1.807, 2.05) is 66.7 Å². The van der Waals surface area contributed by atoms with Crippen molar-refractivity contribution in [2.24, 2.45) is 0 Å². The van der Waals surface area contributed by atoms with Crippen LogP contribution < -0.4 is 24.0 Å². The summed E-state index contributed by atoms with van der Waals surface area (Å²) in [6.45, 7) is 2.22. The summed E-state index contributed by atoms with van der Waals surface area (Å²) in [5.74, 6) is 0. The van der Waals surface area contributed by atoms with Crippen LogP contribution in [0.5, 0.6) is 0 Å². The number of hydrogen-bond acceptors (Lipinski definition) is 1. The van der Waals surface area contributed by atoms with Crippen LogP contribution in [0.3, 0.4) is 0 Å². The molecule has 0 aliphatic rings. The quantitative estimate of drug-likeness (QED) is 0.340. The molecule has 27 heavy (non-hydrogen) atoms. The van der Waals surface area contributed by atoms with Crippen molar-refractivity contribution in [3.8, 4) is 0 Å². The van der Waals surface area contributed by atoms with E-state index >= 15 is 0 Å². The monoisotopic (exact) mass is 473 g/mol. The molecule has 1 N–H and O–H groups in total. The second-order valence-electron chi connectivity index (χ2n) is 7.82. The molecule has 0 saturated heterocycles. The summed E-state index contributed by atoms with van der Waals surface area (Å²) in [5.41, 5.74) is 2.68. The van der Waals surface area contributed by atoms with Crippen molar-refractivity contribution in [3.63, 3.8) is 0 Å². The van der Waals surface area contributed by atoms with Crippen LogP contribution in [-0.2, 0) is 5.60 Å². The number of hydrogen-bond donors (Lipinski definition) is 1. The highest BCUT2D eigenvalue weighted by atomic mass is 127. The van der Waals surface area contributed by atoms with Crippen molar-refractivity contribution >= 4 is 0 Å². The zero-order valence-corrected chi connectivity index (χ0v) is 18.6. The Morgan fingerprint density at radius 2 is 1.11 bits per heavy atom. The predicted octanol–water partition coefficient (Wildman–Crippen LogP) is 1.74. The molecule has 3 aromatic carbocycles. The minimum atomic E-state index is -1.19. The van der Waals surface area contributed by atoms with Gasteiger partial charge in [-0.2, -0.15) is 0 Å². The van der Waals surface area contributed by atoms with Gasteiger partial charge >= 0.3 is 0 Å². The van der Waals surface area contributed by atoms with Gasteiger partial charge < -0.3 is 33.6 Å². The first-order chi connectivity index (χ1) is 12.3. The normalized spacial score (nSPS) is 12.9.